The van der Waals surface area contributed by atoms with Gasteiger partial charge < -0.3 is 29.8 Å². The third-order valence-electron chi connectivity index (χ3n) is 9.78. The van der Waals surface area contributed by atoms with Crippen molar-refractivity contribution in [3.8, 4) is 11.1 Å². The average Bonchev–Trinajstić information content (AvgIpc) is 3.49. The number of ether oxygens (including phenoxy) is 2. The minimum Gasteiger partial charge on any atom is -0.392 e. The zero-order valence-electron chi connectivity index (χ0n) is 27.8. The monoisotopic (exact) mass is 748 g/mol. The van der Waals surface area contributed by atoms with Crippen LogP contribution in [0.2, 0.25) is 0 Å². The molecule has 0 saturated carbocycles. The fraction of sp³-hybridized carbons (Fsp3) is 0.333. The zero-order valence-corrected chi connectivity index (χ0v) is 30.1. The quantitative estimate of drug-likeness (QED) is 0.136. The number of para-hydroxylation sites is 2. The number of nitrogens with zero attached hydrogens (tertiary/aromatic N) is 2. The van der Waals surface area contributed by atoms with Crippen LogP contribution in [-0.4, -0.2) is 55.0 Å². The van der Waals surface area contributed by atoms with E-state index in [0.717, 1.165) is 76.9 Å². The van der Waals surface area contributed by atoms with Gasteiger partial charge in [-0.25, -0.2) is 4.79 Å². The molecule has 2 aliphatic rings. The molecule has 0 spiro atoms. The van der Waals surface area contributed by atoms with Crippen molar-refractivity contribution < 1.29 is 19.4 Å². The Hall–Kier alpha value is -3.67. The molecular weight excluding hydrogens is 711 g/mol. The molecule has 9 nitrogen and oxygen atoms in total. The number of piperidine rings is 1. The zero-order chi connectivity index (χ0) is 35.5. The normalized spacial score (nSPS) is 20.4. The molecule has 2 saturated heterocycles. The van der Waals surface area contributed by atoms with Gasteiger partial charge in [0.2, 0.25) is 0 Å². The molecule has 7 rings (SSSR count). The molecule has 2 fully saturated rings. The number of aromatic amines is 1. The molecule has 3 unspecified atom stereocenters. The molecule has 1 amide bonds. The summed E-state index contributed by atoms with van der Waals surface area (Å²) in [6, 6.07) is 31.8. The van der Waals surface area contributed by atoms with Crippen molar-refractivity contribution in [3.63, 3.8) is 0 Å². The molecule has 12 heteroatoms. The first-order valence-corrected chi connectivity index (χ1v) is 18.2. The summed E-state index contributed by atoms with van der Waals surface area (Å²) in [7, 11) is 0. The lowest BCUT2D eigenvalue weighted by molar-refractivity contribution is -0.253. The summed E-state index contributed by atoms with van der Waals surface area (Å²) in [5.74, 6) is -0.678. The van der Waals surface area contributed by atoms with E-state index in [9.17, 15) is 14.7 Å². The molecule has 1 aromatic heterocycles. The molecule has 0 aliphatic carbocycles. The third kappa shape index (κ3) is 8.36. The second-order valence-corrected chi connectivity index (χ2v) is 15.5. The minimum absolute atomic E-state index is 0.0142. The molecular formula is C39H39Cl3N4O5. The van der Waals surface area contributed by atoms with Gasteiger partial charge in [0.05, 0.1) is 29.8 Å². The Bertz CT molecular complexity index is 2020. The molecule has 3 N–H and O–H groups in total. The van der Waals surface area contributed by atoms with Crippen molar-refractivity contribution in [2.45, 2.75) is 60.7 Å². The van der Waals surface area contributed by atoms with Crippen molar-refractivity contribution in [1.82, 2.24) is 19.8 Å². The van der Waals surface area contributed by atoms with Gasteiger partial charge in [-0.1, -0.05) is 114 Å². The highest BCUT2D eigenvalue weighted by Gasteiger charge is 2.34. The van der Waals surface area contributed by atoms with E-state index < -0.39 is 16.0 Å². The molecule has 5 aromatic rings. The fourth-order valence-electron chi connectivity index (χ4n) is 7.09. The number of nitrogens with one attached hydrogen (secondary N) is 2. The van der Waals surface area contributed by atoms with E-state index in [0.29, 0.717) is 6.42 Å². The topological polar surface area (TPSA) is 109 Å². The summed E-state index contributed by atoms with van der Waals surface area (Å²) in [4.78, 5) is 30.3. The maximum Gasteiger partial charge on any atom is 0.326 e. The van der Waals surface area contributed by atoms with Crippen molar-refractivity contribution in [2.75, 3.05) is 19.6 Å². The van der Waals surface area contributed by atoms with E-state index in [1.54, 1.807) is 0 Å². The number of aliphatic hydroxyl groups is 1. The summed E-state index contributed by atoms with van der Waals surface area (Å²) in [6.07, 6.45) is 1.59. The van der Waals surface area contributed by atoms with E-state index in [-0.39, 0.29) is 37.1 Å². The number of imidazole rings is 1. The number of H-pyrrole nitrogens is 1. The van der Waals surface area contributed by atoms with Crippen molar-refractivity contribution >= 4 is 51.7 Å². The smallest absolute Gasteiger partial charge is 0.326 e. The van der Waals surface area contributed by atoms with Gasteiger partial charge in [0.15, 0.2) is 6.29 Å². The predicted molar refractivity (Wildman–Crippen MR) is 200 cm³/mol. The second kappa shape index (κ2) is 15.5. The number of likely N-dealkylation sites (tertiary alicyclic amines) is 1. The van der Waals surface area contributed by atoms with E-state index in [1.165, 1.54) is 0 Å². The Morgan fingerprint density at radius 2 is 1.59 bits per heavy atom. The maximum absolute atomic E-state index is 12.8. The number of benzene rings is 4. The van der Waals surface area contributed by atoms with Crippen LogP contribution < -0.4 is 11.0 Å². The minimum atomic E-state index is -2.02. The van der Waals surface area contributed by atoms with E-state index in [1.807, 2.05) is 102 Å². The lowest BCUT2D eigenvalue weighted by Crippen LogP contribution is -2.43. The van der Waals surface area contributed by atoms with Crippen LogP contribution >= 0.6 is 34.8 Å². The number of hydrogen-bond acceptors (Lipinski definition) is 6. The van der Waals surface area contributed by atoms with Crippen LogP contribution in [0.15, 0.2) is 102 Å². The van der Waals surface area contributed by atoms with E-state index in [2.05, 4.69) is 15.2 Å². The summed E-state index contributed by atoms with van der Waals surface area (Å²) < 4.78 is 13.2. The first-order valence-electron chi connectivity index (χ1n) is 17.1. The lowest BCUT2D eigenvalue weighted by Gasteiger charge is -2.40. The van der Waals surface area contributed by atoms with Crippen LogP contribution in [0, 0.1) is 0 Å². The third-order valence-corrected chi connectivity index (χ3v) is 10.3. The van der Waals surface area contributed by atoms with Crippen LogP contribution in [0.5, 0.6) is 0 Å². The number of carbonyl (C=O) groups excluding carboxylic acids is 1. The van der Waals surface area contributed by atoms with Gasteiger partial charge in [-0.3, -0.25) is 9.36 Å². The van der Waals surface area contributed by atoms with Crippen LogP contribution in [0.4, 0.5) is 0 Å². The number of amides is 1. The SMILES string of the molecule is O=C(NCc1cccc(-c2ccc(C3OC(CN4CCC(n5c(=O)[nH]c6ccccc65)CC4)CC(c4ccc(CO)cc4)O3)cc2)c1)C(Cl)(Cl)Cl. The highest BCUT2D eigenvalue weighted by molar-refractivity contribution is 6.76. The molecule has 51 heavy (non-hydrogen) atoms. The standard InChI is InChI=1S/C39H39Cl3N4O5/c40-39(41,42)37(48)43-22-26-4-3-5-30(20-26)27-12-14-29(15-13-27)36-50-32(21-35(51-36)28-10-8-25(24-47)9-11-28)23-45-18-16-31(17-19-45)46-34-7-2-1-6-33(34)44-38(46)49/h1-15,20,31-32,35-36,47H,16-19,21-24H2,(H,43,48)(H,44,49). The molecule has 4 aromatic carbocycles. The van der Waals surface area contributed by atoms with Gasteiger partial charge >= 0.3 is 5.69 Å². The van der Waals surface area contributed by atoms with E-state index >= 15 is 0 Å². The van der Waals surface area contributed by atoms with Crippen LogP contribution in [0.1, 0.15) is 60.0 Å². The van der Waals surface area contributed by atoms with Gasteiger partial charge in [-0.05, 0) is 58.9 Å². The first-order chi connectivity index (χ1) is 24.6. The lowest BCUT2D eigenvalue weighted by atomic mass is 9.98. The average molecular weight is 750 g/mol. The molecule has 2 aliphatic heterocycles. The van der Waals surface area contributed by atoms with Crippen LogP contribution in [0.3, 0.4) is 0 Å². The predicted octanol–water partition coefficient (Wildman–Crippen LogP) is 7.36. The largest absolute Gasteiger partial charge is 0.392 e. The number of alkyl halides is 3. The number of carbonyl (C=O) groups is 1. The summed E-state index contributed by atoms with van der Waals surface area (Å²) in [6.45, 7) is 2.68. The molecule has 266 valence electrons. The van der Waals surface area contributed by atoms with Gasteiger partial charge in [-0.2, -0.15) is 0 Å². The summed E-state index contributed by atoms with van der Waals surface area (Å²) >= 11 is 17.1. The Morgan fingerprint density at radius 1 is 0.863 bits per heavy atom. The van der Waals surface area contributed by atoms with E-state index in [4.69, 9.17) is 44.3 Å². The van der Waals surface area contributed by atoms with Crippen molar-refractivity contribution in [1.29, 1.82) is 0 Å². The van der Waals surface area contributed by atoms with Crippen molar-refractivity contribution in [3.05, 3.63) is 130 Å². The molecule has 0 radical (unpaired) electrons. The number of hydrogen-bond donors (Lipinski definition) is 3. The van der Waals surface area contributed by atoms with Crippen LogP contribution in [0.25, 0.3) is 22.2 Å². The molecule has 3 heterocycles. The molecule has 0 bridgehead atoms. The number of aliphatic hydroxyl groups excluding tert-OH is 1. The highest BCUT2D eigenvalue weighted by Crippen LogP contribution is 2.39. The number of halogens is 3. The van der Waals surface area contributed by atoms with Gasteiger partial charge in [0.25, 0.3) is 9.70 Å². The number of rotatable bonds is 9. The Kier molecular flexibility index (Phi) is 10.9. The number of aromatic nitrogens is 2. The highest BCUT2D eigenvalue weighted by atomic mass is 35.6. The Morgan fingerprint density at radius 3 is 2.31 bits per heavy atom. The Labute approximate surface area is 311 Å². The van der Waals surface area contributed by atoms with Gasteiger partial charge in [-0.15, -0.1) is 0 Å². The van der Waals surface area contributed by atoms with Gasteiger partial charge in [0.1, 0.15) is 0 Å². The van der Waals surface area contributed by atoms with Gasteiger partial charge in [0, 0.05) is 44.2 Å². The summed E-state index contributed by atoms with van der Waals surface area (Å²) in [5, 5.41) is 12.2. The first kappa shape index (κ1) is 35.7. The number of fused-ring (bicyclic) bond motifs is 1. The fourth-order valence-corrected chi connectivity index (χ4v) is 7.29. The van der Waals surface area contributed by atoms with Crippen molar-refractivity contribution in [2.24, 2.45) is 0 Å². The van der Waals surface area contributed by atoms with Crippen LogP contribution in [-0.2, 0) is 27.4 Å². The maximum atomic E-state index is 12.8. The Balaban J connectivity index is 1.04. The molecule has 3 atom stereocenters. The second-order valence-electron chi connectivity index (χ2n) is 13.2. The summed E-state index contributed by atoms with van der Waals surface area (Å²) in [5.41, 5.74) is 7.41.